The molecule has 0 spiro atoms. The van der Waals surface area contributed by atoms with Gasteiger partial charge in [-0.1, -0.05) is 11.3 Å². The Hall–Kier alpha value is -1.26. The van der Waals surface area contributed by atoms with Gasteiger partial charge in [0.25, 0.3) is 0 Å². The minimum Gasteiger partial charge on any atom is -0.366 e. The molecule has 23 heavy (non-hydrogen) atoms. The summed E-state index contributed by atoms with van der Waals surface area (Å²) in [4.78, 5) is 13.5. The molecule has 2 fully saturated rings. The molecular formula is C13H17F3N4O2S. The highest BCUT2D eigenvalue weighted by atomic mass is 32.1. The van der Waals surface area contributed by atoms with E-state index in [2.05, 4.69) is 15.5 Å². The van der Waals surface area contributed by atoms with Crippen LogP contribution in [0.1, 0.15) is 30.2 Å². The summed E-state index contributed by atoms with van der Waals surface area (Å²) in [5, 5.41) is 12.0. The van der Waals surface area contributed by atoms with Gasteiger partial charge in [-0.15, -0.1) is 10.2 Å². The van der Waals surface area contributed by atoms with Gasteiger partial charge in [0.1, 0.15) is 5.01 Å². The normalized spacial score (nSPS) is 23.0. The number of ether oxygens (including phenoxy) is 1. The first-order valence-corrected chi connectivity index (χ1v) is 8.27. The molecule has 2 aliphatic rings. The first-order valence-electron chi connectivity index (χ1n) is 7.46. The number of nitrogens with zero attached hydrogens (tertiary/aromatic N) is 3. The zero-order valence-electron chi connectivity index (χ0n) is 12.3. The summed E-state index contributed by atoms with van der Waals surface area (Å²) in [6, 6.07) is 0. The molecule has 6 nitrogen and oxygen atoms in total. The number of rotatable bonds is 5. The number of amides is 1. The Kier molecular flexibility index (Phi) is 4.83. The number of anilines is 1. The molecule has 1 aliphatic carbocycles. The highest BCUT2D eigenvalue weighted by molar-refractivity contribution is 7.15. The van der Waals surface area contributed by atoms with Crippen LogP contribution in [0.15, 0.2) is 0 Å². The van der Waals surface area contributed by atoms with Crippen LogP contribution in [0.3, 0.4) is 0 Å². The van der Waals surface area contributed by atoms with E-state index in [0.717, 1.165) is 17.8 Å². The van der Waals surface area contributed by atoms with Gasteiger partial charge in [-0.3, -0.25) is 9.69 Å². The molecule has 1 unspecified atom stereocenters. The molecule has 0 aromatic carbocycles. The fraction of sp³-hybridized carbons (Fsp3) is 0.769. The fourth-order valence-electron chi connectivity index (χ4n) is 2.33. The van der Waals surface area contributed by atoms with Crippen LogP contribution in [0.4, 0.5) is 18.3 Å². The van der Waals surface area contributed by atoms with E-state index in [4.69, 9.17) is 4.74 Å². The minimum atomic E-state index is -4.37. The number of halogens is 3. The van der Waals surface area contributed by atoms with Gasteiger partial charge in [-0.2, -0.15) is 13.2 Å². The zero-order valence-corrected chi connectivity index (χ0v) is 13.1. The smallest absolute Gasteiger partial charge is 0.366 e. The van der Waals surface area contributed by atoms with Crippen LogP contribution in [0.2, 0.25) is 0 Å². The third kappa shape index (κ3) is 4.61. The van der Waals surface area contributed by atoms with Crippen molar-refractivity contribution in [2.45, 2.75) is 37.5 Å². The average molecular weight is 350 g/mol. The monoisotopic (exact) mass is 350 g/mol. The topological polar surface area (TPSA) is 67.3 Å². The SMILES string of the molecule is O=C(CCN1CCOC(C(F)(F)F)C1)Nc1nnc(C2CC2)s1. The molecule has 3 rings (SSSR count). The number of alkyl halides is 3. The number of hydrogen-bond donors (Lipinski definition) is 1. The lowest BCUT2D eigenvalue weighted by atomic mass is 10.2. The first kappa shape index (κ1) is 16.6. The van der Waals surface area contributed by atoms with E-state index in [0.29, 0.717) is 17.6 Å². The maximum absolute atomic E-state index is 12.6. The van der Waals surface area contributed by atoms with Crippen molar-refractivity contribution < 1.29 is 22.7 Å². The molecule has 1 saturated heterocycles. The average Bonchev–Trinajstić information content (AvgIpc) is 3.25. The zero-order chi connectivity index (χ0) is 16.4. The number of aromatic nitrogens is 2. The molecule has 1 N–H and O–H groups in total. The van der Waals surface area contributed by atoms with Gasteiger partial charge in [0.15, 0.2) is 6.10 Å². The highest BCUT2D eigenvalue weighted by Crippen LogP contribution is 2.42. The lowest BCUT2D eigenvalue weighted by molar-refractivity contribution is -0.237. The van der Waals surface area contributed by atoms with Crippen molar-refractivity contribution in [1.82, 2.24) is 15.1 Å². The third-order valence-electron chi connectivity index (χ3n) is 3.78. The lowest BCUT2D eigenvalue weighted by Gasteiger charge is -2.33. The van der Waals surface area contributed by atoms with Crippen molar-refractivity contribution >= 4 is 22.4 Å². The number of carbonyl (C=O) groups is 1. The molecule has 0 bridgehead atoms. The minimum absolute atomic E-state index is 0.0208. The van der Waals surface area contributed by atoms with Crippen molar-refractivity contribution in [3.8, 4) is 0 Å². The molecule has 1 atom stereocenters. The molecule has 1 aromatic heterocycles. The molecular weight excluding hydrogens is 333 g/mol. The molecule has 2 heterocycles. The predicted molar refractivity (Wildman–Crippen MR) is 77.4 cm³/mol. The van der Waals surface area contributed by atoms with Crippen LogP contribution < -0.4 is 5.32 Å². The summed E-state index contributed by atoms with van der Waals surface area (Å²) >= 11 is 1.36. The van der Waals surface area contributed by atoms with E-state index >= 15 is 0 Å². The van der Waals surface area contributed by atoms with Crippen molar-refractivity contribution in [2.75, 3.05) is 31.6 Å². The van der Waals surface area contributed by atoms with Crippen LogP contribution in [0.25, 0.3) is 0 Å². The number of carbonyl (C=O) groups excluding carboxylic acids is 1. The summed E-state index contributed by atoms with van der Waals surface area (Å²) in [5.41, 5.74) is 0. The fourth-order valence-corrected chi connectivity index (χ4v) is 3.25. The third-order valence-corrected chi connectivity index (χ3v) is 4.79. The van der Waals surface area contributed by atoms with Crippen LogP contribution in [-0.4, -0.2) is 59.5 Å². The Labute approximate surface area is 135 Å². The predicted octanol–water partition coefficient (Wildman–Crippen LogP) is 2.01. The Morgan fingerprint density at radius 1 is 1.39 bits per heavy atom. The van der Waals surface area contributed by atoms with Crippen molar-refractivity contribution in [3.05, 3.63) is 5.01 Å². The van der Waals surface area contributed by atoms with Gasteiger partial charge in [-0.05, 0) is 12.8 Å². The van der Waals surface area contributed by atoms with E-state index < -0.39 is 12.3 Å². The number of hydrogen-bond acceptors (Lipinski definition) is 6. The second-order valence-electron chi connectivity index (χ2n) is 5.72. The van der Waals surface area contributed by atoms with Crippen LogP contribution in [0, 0.1) is 0 Å². The molecule has 1 amide bonds. The summed E-state index contributed by atoms with van der Waals surface area (Å²) in [6.45, 7) is 0.439. The Morgan fingerprint density at radius 3 is 2.87 bits per heavy atom. The van der Waals surface area contributed by atoms with Crippen LogP contribution in [0.5, 0.6) is 0 Å². The van der Waals surface area contributed by atoms with Gasteiger partial charge in [0.2, 0.25) is 11.0 Å². The summed E-state index contributed by atoms with van der Waals surface area (Å²) in [6.07, 6.45) is -3.81. The van der Waals surface area contributed by atoms with E-state index in [1.54, 1.807) is 4.90 Å². The summed E-state index contributed by atoms with van der Waals surface area (Å²) < 4.78 is 42.6. The molecule has 128 valence electrons. The van der Waals surface area contributed by atoms with Crippen molar-refractivity contribution in [2.24, 2.45) is 0 Å². The Morgan fingerprint density at radius 2 is 2.17 bits per heavy atom. The highest BCUT2D eigenvalue weighted by Gasteiger charge is 2.43. The van der Waals surface area contributed by atoms with Gasteiger partial charge in [0.05, 0.1) is 6.61 Å². The second-order valence-corrected chi connectivity index (χ2v) is 6.73. The molecule has 1 aromatic rings. The van der Waals surface area contributed by atoms with Gasteiger partial charge < -0.3 is 10.1 Å². The Balaban J connectivity index is 1.43. The Bertz CT molecular complexity index is 562. The number of morpholine rings is 1. The lowest BCUT2D eigenvalue weighted by Crippen LogP contribution is -2.49. The quantitative estimate of drug-likeness (QED) is 0.880. The van der Waals surface area contributed by atoms with E-state index in [-0.39, 0.29) is 32.0 Å². The molecule has 10 heteroatoms. The maximum atomic E-state index is 12.6. The first-order chi connectivity index (χ1) is 10.9. The van der Waals surface area contributed by atoms with Crippen molar-refractivity contribution in [1.29, 1.82) is 0 Å². The summed E-state index contributed by atoms with van der Waals surface area (Å²) in [5.74, 6) is 0.212. The standard InChI is InChI=1S/C13H17F3N4O2S/c14-13(15,16)9-7-20(5-6-22-9)4-3-10(21)17-12-19-18-11(23-12)8-1-2-8/h8-9H,1-7H2,(H,17,19,21). The largest absolute Gasteiger partial charge is 0.415 e. The van der Waals surface area contributed by atoms with E-state index in [1.807, 2.05) is 0 Å². The number of nitrogens with one attached hydrogen (secondary N) is 1. The van der Waals surface area contributed by atoms with Gasteiger partial charge >= 0.3 is 6.18 Å². The second kappa shape index (κ2) is 6.70. The molecule has 0 radical (unpaired) electrons. The van der Waals surface area contributed by atoms with E-state index in [9.17, 15) is 18.0 Å². The van der Waals surface area contributed by atoms with Crippen molar-refractivity contribution in [3.63, 3.8) is 0 Å². The summed E-state index contributed by atoms with van der Waals surface area (Å²) in [7, 11) is 0. The maximum Gasteiger partial charge on any atom is 0.415 e. The van der Waals surface area contributed by atoms with E-state index in [1.165, 1.54) is 11.3 Å². The van der Waals surface area contributed by atoms with Crippen LogP contribution in [-0.2, 0) is 9.53 Å². The van der Waals surface area contributed by atoms with Gasteiger partial charge in [0, 0.05) is 32.0 Å². The van der Waals surface area contributed by atoms with Gasteiger partial charge in [-0.25, -0.2) is 0 Å². The van der Waals surface area contributed by atoms with Crippen LogP contribution >= 0.6 is 11.3 Å². The molecule has 1 aliphatic heterocycles. The molecule has 1 saturated carbocycles.